The molecule has 3 aliphatic rings. The predicted molar refractivity (Wildman–Crippen MR) is 174 cm³/mol. The van der Waals surface area contributed by atoms with E-state index in [2.05, 4.69) is 20.6 Å². The molecular formula is C35H48F2N6O4. The number of Topliss-reactive ketones (excluding diaryl/α,β-unsaturated/α-hetero) is 1. The molecule has 1 aromatic carbocycles. The number of carbonyl (C=O) groups excluding carboxylic acids is 4. The summed E-state index contributed by atoms with van der Waals surface area (Å²) in [4.78, 5) is 57.3. The lowest BCUT2D eigenvalue weighted by atomic mass is 9.81. The molecule has 3 atom stereocenters. The van der Waals surface area contributed by atoms with Gasteiger partial charge < -0.3 is 20.4 Å². The van der Waals surface area contributed by atoms with Gasteiger partial charge >= 0.3 is 0 Å². The minimum atomic E-state index is -1.97. The Morgan fingerprint density at radius 1 is 1.02 bits per heavy atom. The number of hydrogen-bond donors (Lipinski definition) is 2. The third-order valence-electron chi connectivity index (χ3n) is 10.3. The largest absolute Gasteiger partial charge is 0.341 e. The highest BCUT2D eigenvalue weighted by Gasteiger charge is 2.52. The summed E-state index contributed by atoms with van der Waals surface area (Å²) in [5.41, 5.74) is -1.11. The third-order valence-corrected chi connectivity index (χ3v) is 10.3. The Hall–Kier alpha value is -3.67. The highest BCUT2D eigenvalue weighted by atomic mass is 19.1. The summed E-state index contributed by atoms with van der Waals surface area (Å²) in [6.07, 6.45) is 7.58. The van der Waals surface area contributed by atoms with Crippen LogP contribution in [0.2, 0.25) is 0 Å². The molecule has 5 rings (SSSR count). The van der Waals surface area contributed by atoms with Gasteiger partial charge in [0, 0.05) is 57.2 Å². The van der Waals surface area contributed by atoms with Gasteiger partial charge in [-0.1, -0.05) is 38.7 Å². The standard InChI is InChI=1S/C35H48F2N6O4/c1-4-43-29(13-16-38-43)30(44)22-26(24-9-7-5-6-8-10-24)32(45)39-28-12-11-25(21-27(28)36)23(2)31(40-34(47)35(37)14-15-35)33(46)42-19-17-41(3)18-20-42/h11-13,16,21,23-24,26,31H,4-10,14-15,17-20,22H2,1-3H3,(H,39,45)(H,40,47)/t23-,26-,31+/m0/s1. The molecule has 2 N–H and O–H groups in total. The van der Waals surface area contributed by atoms with E-state index in [-0.39, 0.29) is 42.6 Å². The Morgan fingerprint density at radius 2 is 1.70 bits per heavy atom. The lowest BCUT2D eigenvalue weighted by Gasteiger charge is -2.36. The molecule has 47 heavy (non-hydrogen) atoms. The van der Waals surface area contributed by atoms with Gasteiger partial charge in [0.05, 0.1) is 5.69 Å². The first-order valence-electron chi connectivity index (χ1n) is 17.1. The first-order chi connectivity index (χ1) is 22.5. The molecule has 1 aromatic heterocycles. The van der Waals surface area contributed by atoms with Crippen LogP contribution in [-0.4, -0.2) is 88.0 Å². The van der Waals surface area contributed by atoms with Crippen molar-refractivity contribution in [1.82, 2.24) is 24.9 Å². The molecule has 0 spiro atoms. The molecule has 256 valence electrons. The third kappa shape index (κ3) is 8.25. The molecule has 0 radical (unpaired) electrons. The van der Waals surface area contributed by atoms with E-state index >= 15 is 4.39 Å². The van der Waals surface area contributed by atoms with Crippen LogP contribution in [0.15, 0.2) is 30.5 Å². The maximum absolute atomic E-state index is 15.7. The average molecular weight is 655 g/mol. The smallest absolute Gasteiger partial charge is 0.258 e. The van der Waals surface area contributed by atoms with E-state index in [1.165, 1.54) is 12.1 Å². The zero-order chi connectivity index (χ0) is 33.7. The number of amides is 3. The van der Waals surface area contributed by atoms with E-state index in [9.17, 15) is 23.6 Å². The molecule has 2 heterocycles. The lowest BCUT2D eigenvalue weighted by Crippen LogP contribution is -2.56. The average Bonchev–Trinajstić information content (AvgIpc) is 3.73. The number of benzene rings is 1. The first-order valence-corrected chi connectivity index (χ1v) is 17.1. The Morgan fingerprint density at radius 3 is 2.32 bits per heavy atom. The van der Waals surface area contributed by atoms with E-state index in [0.29, 0.717) is 44.0 Å². The van der Waals surface area contributed by atoms with Crippen molar-refractivity contribution in [2.45, 2.75) is 95.8 Å². The summed E-state index contributed by atoms with van der Waals surface area (Å²) in [6, 6.07) is 4.91. The number of aryl methyl sites for hydroxylation is 1. The minimum Gasteiger partial charge on any atom is -0.341 e. The Balaban J connectivity index is 1.33. The maximum Gasteiger partial charge on any atom is 0.258 e. The number of aromatic nitrogens is 2. The van der Waals surface area contributed by atoms with Gasteiger partial charge in [-0.15, -0.1) is 0 Å². The minimum absolute atomic E-state index is 0.00275. The van der Waals surface area contributed by atoms with Crippen LogP contribution in [0.3, 0.4) is 0 Å². The fraction of sp³-hybridized carbons (Fsp3) is 0.629. The van der Waals surface area contributed by atoms with Gasteiger partial charge in [-0.2, -0.15) is 5.10 Å². The summed E-state index contributed by atoms with van der Waals surface area (Å²) in [7, 11) is 1.96. The van der Waals surface area contributed by atoms with E-state index in [1.54, 1.807) is 34.8 Å². The fourth-order valence-corrected chi connectivity index (χ4v) is 6.88. The zero-order valence-electron chi connectivity index (χ0n) is 27.8. The van der Waals surface area contributed by atoms with Crippen molar-refractivity contribution < 1.29 is 28.0 Å². The number of ketones is 1. The molecule has 0 unspecified atom stereocenters. The van der Waals surface area contributed by atoms with Crippen LogP contribution >= 0.6 is 0 Å². The summed E-state index contributed by atoms with van der Waals surface area (Å²) < 4.78 is 32.0. The number of carbonyl (C=O) groups is 4. The number of nitrogens with zero attached hydrogens (tertiary/aromatic N) is 4. The monoisotopic (exact) mass is 654 g/mol. The van der Waals surface area contributed by atoms with Crippen molar-refractivity contribution >= 4 is 29.2 Å². The second kappa shape index (κ2) is 15.0. The molecule has 0 bridgehead atoms. The Bertz CT molecular complexity index is 1440. The molecule has 12 heteroatoms. The summed E-state index contributed by atoms with van der Waals surface area (Å²) in [6.45, 7) is 6.43. The number of alkyl halides is 1. The molecule has 1 aliphatic heterocycles. The quantitative estimate of drug-likeness (QED) is 0.253. The van der Waals surface area contributed by atoms with E-state index in [4.69, 9.17) is 0 Å². The highest BCUT2D eigenvalue weighted by molar-refractivity contribution is 6.00. The van der Waals surface area contributed by atoms with Crippen LogP contribution in [0.5, 0.6) is 0 Å². The molecule has 3 amide bonds. The Labute approximate surface area is 275 Å². The molecular weight excluding hydrogens is 606 g/mol. The van der Waals surface area contributed by atoms with Crippen molar-refractivity contribution in [2.75, 3.05) is 38.5 Å². The number of piperazine rings is 1. The van der Waals surface area contributed by atoms with Crippen LogP contribution in [0.4, 0.5) is 14.5 Å². The van der Waals surface area contributed by atoms with Crippen LogP contribution in [0, 0.1) is 17.7 Å². The van der Waals surface area contributed by atoms with Crippen LogP contribution in [0.25, 0.3) is 0 Å². The van der Waals surface area contributed by atoms with Crippen molar-refractivity contribution in [3.8, 4) is 0 Å². The molecule has 2 aromatic rings. The number of anilines is 1. The van der Waals surface area contributed by atoms with Crippen LogP contribution < -0.4 is 10.6 Å². The van der Waals surface area contributed by atoms with Gasteiger partial charge in [-0.25, -0.2) is 8.78 Å². The van der Waals surface area contributed by atoms with Gasteiger partial charge in [0.15, 0.2) is 11.5 Å². The van der Waals surface area contributed by atoms with Gasteiger partial charge in [-0.3, -0.25) is 23.9 Å². The predicted octanol–water partition coefficient (Wildman–Crippen LogP) is 4.70. The number of halogens is 2. The van der Waals surface area contributed by atoms with Crippen LogP contribution in [0.1, 0.15) is 93.6 Å². The van der Waals surface area contributed by atoms with Crippen molar-refractivity contribution in [2.24, 2.45) is 11.8 Å². The summed E-state index contributed by atoms with van der Waals surface area (Å²) >= 11 is 0. The van der Waals surface area contributed by atoms with Gasteiger partial charge in [0.2, 0.25) is 11.8 Å². The number of hydrogen-bond acceptors (Lipinski definition) is 6. The maximum atomic E-state index is 15.7. The SMILES string of the molecule is CCn1nccc1C(=O)C[C@H](C(=O)Nc1ccc([C@H](C)[C@@H](NC(=O)C2(F)CC2)C(=O)N2CCN(C)CC2)cc1F)C1CCCCCC1. The molecule has 2 saturated carbocycles. The van der Waals surface area contributed by atoms with Crippen molar-refractivity contribution in [3.05, 3.63) is 47.5 Å². The van der Waals surface area contributed by atoms with E-state index < -0.39 is 41.2 Å². The second-order valence-corrected chi connectivity index (χ2v) is 13.6. The number of rotatable bonds is 12. The molecule has 10 nitrogen and oxygen atoms in total. The molecule has 3 fully saturated rings. The second-order valence-electron chi connectivity index (χ2n) is 13.6. The summed E-state index contributed by atoms with van der Waals surface area (Å²) in [5.74, 6) is -3.72. The van der Waals surface area contributed by atoms with Gasteiger partial charge in [0.25, 0.3) is 5.91 Å². The van der Waals surface area contributed by atoms with Crippen LogP contribution in [-0.2, 0) is 20.9 Å². The van der Waals surface area contributed by atoms with Crippen molar-refractivity contribution in [3.63, 3.8) is 0 Å². The molecule has 1 saturated heterocycles. The highest BCUT2D eigenvalue weighted by Crippen LogP contribution is 2.40. The fourth-order valence-electron chi connectivity index (χ4n) is 6.88. The van der Waals surface area contributed by atoms with E-state index in [0.717, 1.165) is 38.5 Å². The number of nitrogens with one attached hydrogen (secondary N) is 2. The molecule has 2 aliphatic carbocycles. The first kappa shape index (κ1) is 34.7. The van der Waals surface area contributed by atoms with Crippen molar-refractivity contribution in [1.29, 1.82) is 0 Å². The summed E-state index contributed by atoms with van der Waals surface area (Å²) in [5, 5.41) is 9.59. The topological polar surface area (TPSA) is 117 Å². The lowest BCUT2D eigenvalue weighted by molar-refractivity contribution is -0.140. The van der Waals surface area contributed by atoms with Gasteiger partial charge in [-0.05, 0) is 69.3 Å². The number of likely N-dealkylation sites (N-methyl/N-ethyl adjacent to an activating group) is 1. The zero-order valence-corrected chi connectivity index (χ0v) is 27.8. The van der Waals surface area contributed by atoms with Gasteiger partial charge in [0.1, 0.15) is 17.6 Å². The normalized spacial score (nSPS) is 20.5. The van der Waals surface area contributed by atoms with E-state index in [1.807, 2.05) is 14.0 Å². The Kier molecular flexibility index (Phi) is 11.1.